The van der Waals surface area contributed by atoms with Gasteiger partial charge in [0.15, 0.2) is 9.84 Å². The highest BCUT2D eigenvalue weighted by molar-refractivity contribution is 9.10. The van der Waals surface area contributed by atoms with E-state index in [0.717, 1.165) is 30.3 Å². The molecule has 1 saturated carbocycles. The summed E-state index contributed by atoms with van der Waals surface area (Å²) in [4.78, 5) is 0.438. The summed E-state index contributed by atoms with van der Waals surface area (Å²) in [5.74, 6) is 0. The third-order valence-corrected chi connectivity index (χ3v) is 6.22. The van der Waals surface area contributed by atoms with Gasteiger partial charge in [0, 0.05) is 10.5 Å². The summed E-state index contributed by atoms with van der Waals surface area (Å²) in [6, 6.07) is 7.28. The molecule has 1 aliphatic rings. The first-order chi connectivity index (χ1) is 8.54. The Morgan fingerprint density at radius 3 is 2.56 bits per heavy atom. The van der Waals surface area contributed by atoms with Gasteiger partial charge in [-0.05, 0) is 50.1 Å². The summed E-state index contributed by atoms with van der Waals surface area (Å²) in [5, 5.41) is 3.10. The fraction of sp³-hybridized carbons (Fsp3) is 0.538. The molecule has 3 nitrogen and oxygen atoms in total. The van der Waals surface area contributed by atoms with Crippen molar-refractivity contribution in [2.24, 2.45) is 0 Å². The summed E-state index contributed by atoms with van der Waals surface area (Å²) in [6.07, 6.45) is 2.44. The maximum absolute atomic E-state index is 12.5. The number of sulfone groups is 1. The second-order valence-corrected chi connectivity index (χ2v) is 7.83. The van der Waals surface area contributed by atoms with Crippen LogP contribution in [0.4, 0.5) is 0 Å². The highest BCUT2D eigenvalue weighted by Crippen LogP contribution is 2.30. The van der Waals surface area contributed by atoms with Crippen LogP contribution in [0.5, 0.6) is 0 Å². The Kier molecular flexibility index (Phi) is 4.45. The van der Waals surface area contributed by atoms with Crippen LogP contribution in [-0.4, -0.2) is 26.3 Å². The Hall–Kier alpha value is -0.390. The first-order valence-electron chi connectivity index (χ1n) is 6.27. The minimum atomic E-state index is -3.17. The Morgan fingerprint density at radius 1 is 1.28 bits per heavy atom. The van der Waals surface area contributed by atoms with E-state index in [2.05, 4.69) is 28.2 Å². The minimum Gasteiger partial charge on any atom is -0.314 e. The fourth-order valence-corrected chi connectivity index (χ4v) is 4.61. The lowest BCUT2D eigenvalue weighted by Gasteiger charge is -2.13. The van der Waals surface area contributed by atoms with E-state index in [9.17, 15) is 8.42 Å². The monoisotopic (exact) mass is 331 g/mol. The van der Waals surface area contributed by atoms with Crippen LogP contribution >= 0.6 is 15.9 Å². The van der Waals surface area contributed by atoms with Crippen molar-refractivity contribution in [1.29, 1.82) is 0 Å². The normalized spacial score (nSPS) is 24.3. The standard InChI is InChI=1S/C13H18BrNO2S/c1-2-15-11-5-8-13(9-11)18(16,17)12-6-3-10(14)4-7-12/h3-4,6-7,11,13,15H,2,5,8-9H2,1H3. The summed E-state index contributed by atoms with van der Waals surface area (Å²) in [7, 11) is -3.17. The molecule has 2 rings (SSSR count). The molecule has 100 valence electrons. The van der Waals surface area contributed by atoms with Gasteiger partial charge in [-0.1, -0.05) is 22.9 Å². The molecule has 0 heterocycles. The van der Waals surface area contributed by atoms with Crippen molar-refractivity contribution in [3.63, 3.8) is 0 Å². The van der Waals surface area contributed by atoms with Crippen molar-refractivity contribution in [3.8, 4) is 0 Å². The zero-order valence-electron chi connectivity index (χ0n) is 10.4. The topological polar surface area (TPSA) is 46.2 Å². The molecule has 2 unspecified atom stereocenters. The zero-order valence-corrected chi connectivity index (χ0v) is 12.8. The van der Waals surface area contributed by atoms with Crippen LogP contribution in [0.25, 0.3) is 0 Å². The van der Waals surface area contributed by atoms with Gasteiger partial charge in [0.05, 0.1) is 10.1 Å². The molecule has 0 radical (unpaired) electrons. The molecule has 0 aromatic heterocycles. The summed E-state index contributed by atoms with van der Waals surface area (Å²) in [5.41, 5.74) is 0. The van der Waals surface area contributed by atoms with E-state index in [1.807, 2.05) is 0 Å². The second-order valence-electron chi connectivity index (χ2n) is 4.69. The molecule has 5 heteroatoms. The van der Waals surface area contributed by atoms with Crippen molar-refractivity contribution < 1.29 is 8.42 Å². The van der Waals surface area contributed by atoms with Crippen LogP contribution in [0.2, 0.25) is 0 Å². The van der Waals surface area contributed by atoms with Gasteiger partial charge in [-0.15, -0.1) is 0 Å². The number of rotatable bonds is 4. The number of hydrogen-bond donors (Lipinski definition) is 1. The van der Waals surface area contributed by atoms with E-state index >= 15 is 0 Å². The van der Waals surface area contributed by atoms with Crippen LogP contribution in [-0.2, 0) is 9.84 Å². The van der Waals surface area contributed by atoms with Crippen molar-refractivity contribution in [2.75, 3.05) is 6.54 Å². The number of benzene rings is 1. The van der Waals surface area contributed by atoms with Crippen molar-refractivity contribution in [2.45, 2.75) is 42.4 Å². The SMILES string of the molecule is CCNC1CCC(S(=O)(=O)c2ccc(Br)cc2)C1. The lowest BCUT2D eigenvalue weighted by atomic mass is 10.2. The van der Waals surface area contributed by atoms with Crippen molar-refractivity contribution in [3.05, 3.63) is 28.7 Å². The number of nitrogens with one attached hydrogen (secondary N) is 1. The van der Waals surface area contributed by atoms with E-state index in [-0.39, 0.29) is 5.25 Å². The lowest BCUT2D eigenvalue weighted by Crippen LogP contribution is -2.28. The second kappa shape index (κ2) is 5.72. The summed E-state index contributed by atoms with van der Waals surface area (Å²) >= 11 is 3.32. The molecule has 0 spiro atoms. The summed E-state index contributed by atoms with van der Waals surface area (Å²) in [6.45, 7) is 2.95. The molecule has 2 atom stereocenters. The van der Waals surface area contributed by atoms with Crippen molar-refractivity contribution in [1.82, 2.24) is 5.32 Å². The van der Waals surface area contributed by atoms with Gasteiger partial charge in [-0.2, -0.15) is 0 Å². The van der Waals surface area contributed by atoms with E-state index in [0.29, 0.717) is 10.9 Å². The molecule has 1 fully saturated rings. The van der Waals surface area contributed by atoms with Gasteiger partial charge in [0.25, 0.3) is 0 Å². The van der Waals surface area contributed by atoms with Gasteiger partial charge in [0.2, 0.25) is 0 Å². The molecular weight excluding hydrogens is 314 g/mol. The Morgan fingerprint density at radius 2 is 1.94 bits per heavy atom. The highest BCUT2D eigenvalue weighted by Gasteiger charge is 2.34. The fourth-order valence-electron chi connectivity index (χ4n) is 2.51. The number of hydrogen-bond acceptors (Lipinski definition) is 3. The largest absolute Gasteiger partial charge is 0.314 e. The van der Waals surface area contributed by atoms with Crippen LogP contribution in [0, 0.1) is 0 Å². The van der Waals surface area contributed by atoms with Gasteiger partial charge in [-0.3, -0.25) is 0 Å². The smallest absolute Gasteiger partial charge is 0.181 e. The van der Waals surface area contributed by atoms with Crippen LogP contribution in [0.3, 0.4) is 0 Å². The van der Waals surface area contributed by atoms with Crippen LogP contribution < -0.4 is 5.32 Å². The van der Waals surface area contributed by atoms with E-state index in [1.54, 1.807) is 24.3 Å². The lowest BCUT2D eigenvalue weighted by molar-refractivity contribution is 0.537. The molecule has 1 N–H and O–H groups in total. The number of halogens is 1. The van der Waals surface area contributed by atoms with Crippen LogP contribution in [0.15, 0.2) is 33.6 Å². The average Bonchev–Trinajstić information content (AvgIpc) is 2.79. The third kappa shape index (κ3) is 2.95. The molecule has 0 aliphatic heterocycles. The van der Waals surface area contributed by atoms with Gasteiger partial charge in [-0.25, -0.2) is 8.42 Å². The minimum absolute atomic E-state index is 0.234. The molecule has 18 heavy (non-hydrogen) atoms. The van der Waals surface area contributed by atoms with Gasteiger partial charge in [0.1, 0.15) is 0 Å². The maximum Gasteiger partial charge on any atom is 0.181 e. The Bertz CT molecular complexity index is 498. The first-order valence-corrected chi connectivity index (χ1v) is 8.61. The van der Waals surface area contributed by atoms with E-state index in [4.69, 9.17) is 0 Å². The van der Waals surface area contributed by atoms with Crippen molar-refractivity contribution >= 4 is 25.8 Å². The first kappa shape index (κ1) is 14.0. The molecule has 0 amide bonds. The quantitative estimate of drug-likeness (QED) is 0.922. The molecular formula is C13H18BrNO2S. The Balaban J connectivity index is 2.15. The van der Waals surface area contributed by atoms with Gasteiger partial charge < -0.3 is 5.32 Å². The van der Waals surface area contributed by atoms with E-state index in [1.165, 1.54) is 0 Å². The molecule has 1 aromatic rings. The predicted octanol–water partition coefficient (Wildman–Crippen LogP) is 2.75. The molecule has 1 aromatic carbocycles. The predicted molar refractivity (Wildman–Crippen MR) is 76.4 cm³/mol. The molecule has 0 saturated heterocycles. The van der Waals surface area contributed by atoms with Crippen LogP contribution in [0.1, 0.15) is 26.2 Å². The zero-order chi connectivity index (χ0) is 13.2. The average molecular weight is 332 g/mol. The summed E-state index contributed by atoms with van der Waals surface area (Å²) < 4.78 is 25.8. The third-order valence-electron chi connectivity index (χ3n) is 3.46. The maximum atomic E-state index is 12.5. The Labute approximate surface area is 117 Å². The molecule has 1 aliphatic carbocycles. The highest BCUT2D eigenvalue weighted by atomic mass is 79.9. The van der Waals surface area contributed by atoms with E-state index < -0.39 is 9.84 Å². The van der Waals surface area contributed by atoms with Gasteiger partial charge >= 0.3 is 0 Å². The molecule has 0 bridgehead atoms.